The minimum atomic E-state index is 0.629. The summed E-state index contributed by atoms with van der Waals surface area (Å²) in [6, 6.07) is 0. The quantitative estimate of drug-likeness (QED) is 0.548. The van der Waals surface area contributed by atoms with Crippen LogP contribution in [0.3, 0.4) is 0 Å². The topological polar surface area (TPSA) is 0 Å². The van der Waals surface area contributed by atoms with Gasteiger partial charge in [-0.05, 0) is 66.6 Å². The Morgan fingerprint density at radius 3 is 2.10 bits per heavy atom. The Hall–Kier alpha value is 0. The van der Waals surface area contributed by atoms with Crippen molar-refractivity contribution in [3.8, 4) is 0 Å². The van der Waals surface area contributed by atoms with Crippen LogP contribution in [0.5, 0.6) is 0 Å². The Kier molecular flexibility index (Phi) is 3.87. The van der Waals surface area contributed by atoms with Gasteiger partial charge in [0.05, 0.1) is 0 Å². The fourth-order valence-electron chi connectivity index (χ4n) is 7.51. The van der Waals surface area contributed by atoms with Gasteiger partial charge in [0.2, 0.25) is 0 Å². The fourth-order valence-corrected chi connectivity index (χ4v) is 7.51. The van der Waals surface area contributed by atoms with E-state index in [4.69, 9.17) is 0 Å². The third-order valence-corrected chi connectivity index (χ3v) is 8.53. The van der Waals surface area contributed by atoms with Crippen molar-refractivity contribution in [1.82, 2.24) is 0 Å². The summed E-state index contributed by atoms with van der Waals surface area (Å²) in [4.78, 5) is 0. The predicted octanol–water partition coefficient (Wildman–Crippen LogP) is 6.45. The van der Waals surface area contributed by atoms with Crippen molar-refractivity contribution in [3.63, 3.8) is 0 Å². The molecular weight excluding hydrogens is 252 g/mol. The molecule has 4 saturated carbocycles. The molecule has 5 atom stereocenters. The summed E-state index contributed by atoms with van der Waals surface area (Å²) in [5.41, 5.74) is 0.629. The van der Waals surface area contributed by atoms with Gasteiger partial charge < -0.3 is 0 Å². The molecule has 0 N–H and O–H groups in total. The summed E-state index contributed by atoms with van der Waals surface area (Å²) in [7, 11) is 0. The molecule has 0 aromatic rings. The second-order valence-corrected chi connectivity index (χ2v) is 9.62. The zero-order chi connectivity index (χ0) is 14.4. The Labute approximate surface area is 132 Å². The van der Waals surface area contributed by atoms with E-state index in [0.29, 0.717) is 5.41 Å². The first-order chi connectivity index (χ1) is 10.2. The molecule has 0 heterocycles. The molecule has 4 rings (SSSR count). The van der Waals surface area contributed by atoms with Crippen molar-refractivity contribution in [2.24, 2.45) is 40.9 Å². The van der Waals surface area contributed by atoms with Gasteiger partial charge in [-0.2, -0.15) is 0 Å². The second-order valence-electron chi connectivity index (χ2n) is 9.62. The highest BCUT2D eigenvalue weighted by molar-refractivity contribution is 5.03. The molecular formula is C21H36. The van der Waals surface area contributed by atoms with E-state index in [9.17, 15) is 0 Å². The molecule has 0 aliphatic heterocycles. The standard InChI is InChI=1S/C21H36/c1-21(2,17-11-4-3-5-12-17)19-14-16-10-6-8-15-9-7-13-18(19)20(15)16/h15-20H,3-14H2,1-2H3. The first-order valence-electron chi connectivity index (χ1n) is 10.2. The minimum absolute atomic E-state index is 0.629. The molecule has 0 amide bonds. The smallest absolute Gasteiger partial charge is 0.0295 e. The Morgan fingerprint density at radius 1 is 0.667 bits per heavy atom. The van der Waals surface area contributed by atoms with Crippen LogP contribution in [0.4, 0.5) is 0 Å². The van der Waals surface area contributed by atoms with Crippen LogP contribution in [-0.2, 0) is 0 Å². The van der Waals surface area contributed by atoms with Crippen LogP contribution < -0.4 is 0 Å². The van der Waals surface area contributed by atoms with Gasteiger partial charge in [-0.25, -0.2) is 0 Å². The summed E-state index contributed by atoms with van der Waals surface area (Å²) >= 11 is 0. The van der Waals surface area contributed by atoms with Gasteiger partial charge in [0.1, 0.15) is 0 Å². The molecule has 0 bridgehead atoms. The SMILES string of the molecule is CC(C)(C1CCCCC1)C1CC2CCCC3CCCC1C32. The monoisotopic (exact) mass is 288 g/mol. The van der Waals surface area contributed by atoms with Gasteiger partial charge in [-0.15, -0.1) is 0 Å². The largest absolute Gasteiger partial charge is 0.0594 e. The van der Waals surface area contributed by atoms with Crippen molar-refractivity contribution in [3.05, 3.63) is 0 Å². The molecule has 0 nitrogen and oxygen atoms in total. The Morgan fingerprint density at radius 2 is 1.33 bits per heavy atom. The van der Waals surface area contributed by atoms with Crippen LogP contribution in [-0.4, -0.2) is 0 Å². The number of rotatable bonds is 2. The summed E-state index contributed by atoms with van der Waals surface area (Å²) < 4.78 is 0. The molecule has 0 aromatic heterocycles. The van der Waals surface area contributed by atoms with E-state index >= 15 is 0 Å². The molecule has 0 spiro atoms. The maximum Gasteiger partial charge on any atom is -0.0295 e. The van der Waals surface area contributed by atoms with Crippen LogP contribution in [0.2, 0.25) is 0 Å². The lowest BCUT2D eigenvalue weighted by Gasteiger charge is -2.47. The zero-order valence-electron chi connectivity index (χ0n) is 14.4. The average Bonchev–Trinajstić information content (AvgIpc) is 2.91. The van der Waals surface area contributed by atoms with Gasteiger partial charge in [0.25, 0.3) is 0 Å². The van der Waals surface area contributed by atoms with E-state index in [2.05, 4.69) is 13.8 Å². The van der Waals surface area contributed by atoms with Crippen molar-refractivity contribution in [1.29, 1.82) is 0 Å². The van der Waals surface area contributed by atoms with Gasteiger partial charge >= 0.3 is 0 Å². The molecule has 21 heavy (non-hydrogen) atoms. The van der Waals surface area contributed by atoms with Crippen molar-refractivity contribution in [2.45, 2.75) is 90.9 Å². The molecule has 0 heteroatoms. The highest BCUT2D eigenvalue weighted by Gasteiger charge is 2.54. The average molecular weight is 289 g/mol. The lowest BCUT2D eigenvalue weighted by molar-refractivity contribution is 0.0224. The maximum absolute atomic E-state index is 2.68. The molecule has 0 saturated heterocycles. The first kappa shape index (κ1) is 14.6. The van der Waals surface area contributed by atoms with E-state index in [1.807, 2.05) is 0 Å². The van der Waals surface area contributed by atoms with E-state index in [1.54, 1.807) is 44.9 Å². The molecule has 4 aliphatic rings. The van der Waals surface area contributed by atoms with Crippen LogP contribution in [0.15, 0.2) is 0 Å². The molecule has 0 aromatic carbocycles. The number of hydrogen-bond donors (Lipinski definition) is 0. The van der Waals surface area contributed by atoms with Gasteiger partial charge in [-0.3, -0.25) is 0 Å². The third kappa shape index (κ3) is 2.40. The molecule has 4 fully saturated rings. The van der Waals surface area contributed by atoms with E-state index < -0.39 is 0 Å². The van der Waals surface area contributed by atoms with Crippen molar-refractivity contribution >= 4 is 0 Å². The van der Waals surface area contributed by atoms with Crippen LogP contribution in [0.1, 0.15) is 90.9 Å². The van der Waals surface area contributed by atoms with Gasteiger partial charge in [-0.1, -0.05) is 65.2 Å². The molecule has 0 radical (unpaired) electrons. The fraction of sp³-hybridized carbons (Fsp3) is 1.00. The van der Waals surface area contributed by atoms with E-state index in [1.165, 1.54) is 32.1 Å². The van der Waals surface area contributed by atoms with Gasteiger partial charge in [0.15, 0.2) is 0 Å². The summed E-state index contributed by atoms with van der Waals surface area (Å²) in [5, 5.41) is 0. The first-order valence-corrected chi connectivity index (χ1v) is 10.2. The summed E-state index contributed by atoms with van der Waals surface area (Å²) in [5.74, 6) is 6.64. The normalized spacial score (nSPS) is 44.6. The van der Waals surface area contributed by atoms with E-state index in [0.717, 1.165) is 35.5 Å². The molecule has 4 aliphatic carbocycles. The zero-order valence-corrected chi connectivity index (χ0v) is 14.4. The lowest BCUT2D eigenvalue weighted by Crippen LogP contribution is -2.39. The Balaban J connectivity index is 1.56. The predicted molar refractivity (Wildman–Crippen MR) is 90.1 cm³/mol. The highest BCUT2D eigenvalue weighted by Crippen LogP contribution is 2.62. The minimum Gasteiger partial charge on any atom is -0.0594 e. The maximum atomic E-state index is 2.68. The van der Waals surface area contributed by atoms with Crippen molar-refractivity contribution < 1.29 is 0 Å². The lowest BCUT2D eigenvalue weighted by atomic mass is 9.58. The third-order valence-electron chi connectivity index (χ3n) is 8.53. The highest BCUT2D eigenvalue weighted by atomic mass is 14.6. The number of hydrogen-bond acceptors (Lipinski definition) is 0. The summed E-state index contributed by atoms with van der Waals surface area (Å²) in [6.45, 7) is 5.35. The van der Waals surface area contributed by atoms with Crippen LogP contribution in [0.25, 0.3) is 0 Å². The molecule has 5 unspecified atom stereocenters. The Bertz CT molecular complexity index is 360. The molecule has 120 valence electrons. The van der Waals surface area contributed by atoms with E-state index in [-0.39, 0.29) is 0 Å². The van der Waals surface area contributed by atoms with Crippen LogP contribution >= 0.6 is 0 Å². The van der Waals surface area contributed by atoms with Crippen molar-refractivity contribution in [2.75, 3.05) is 0 Å². The van der Waals surface area contributed by atoms with Gasteiger partial charge in [0, 0.05) is 0 Å². The second kappa shape index (κ2) is 5.57. The van der Waals surface area contributed by atoms with Crippen LogP contribution in [0, 0.1) is 40.9 Å². The summed E-state index contributed by atoms with van der Waals surface area (Å²) in [6.07, 6.45) is 18.6.